The lowest BCUT2D eigenvalue weighted by atomic mass is 9.97. The maximum absolute atomic E-state index is 13.1. The van der Waals surface area contributed by atoms with E-state index in [4.69, 9.17) is 11.6 Å². The number of nitrogens with zero attached hydrogens (tertiary/aromatic N) is 6. The van der Waals surface area contributed by atoms with E-state index in [0.29, 0.717) is 16.9 Å². The lowest BCUT2D eigenvalue weighted by Crippen LogP contribution is -2.51. The van der Waals surface area contributed by atoms with E-state index in [-0.39, 0.29) is 36.1 Å². The number of nitrogens with one attached hydrogen (secondary N) is 3. The Hall–Kier alpha value is -2.83. The van der Waals surface area contributed by atoms with Crippen molar-refractivity contribution in [2.75, 3.05) is 22.1 Å². The molecular weight excluding hydrogens is 442 g/mol. The first kappa shape index (κ1) is 20.1. The lowest BCUT2D eigenvalue weighted by Gasteiger charge is -2.33. The first-order valence-corrected chi connectivity index (χ1v) is 11.1. The summed E-state index contributed by atoms with van der Waals surface area (Å²) in [6.45, 7) is 1.91. The van der Waals surface area contributed by atoms with E-state index < -0.39 is 11.6 Å². The molecule has 1 saturated heterocycles. The maximum Gasteiger partial charge on any atom is 0.251 e. The Morgan fingerprint density at radius 1 is 1.39 bits per heavy atom. The van der Waals surface area contributed by atoms with E-state index in [1.807, 2.05) is 6.07 Å². The Balaban J connectivity index is 1.41. The standard InChI is InChI=1S/C18H20ClN9O2S/c1-18(13(30)22-17-20-4-5-31-17)7-10(29)8-28(18)16-24-14(19)23-15(25-16)21-12-6-11(26-27-12)9-2-3-9/h4-6,9-10,29H,2-3,7-8H2,1H3,(H,20,22,30)(H2,21,23,24,25,26,27)/t10-,18-/m0/s1. The molecule has 2 atom stereocenters. The molecule has 0 radical (unpaired) electrons. The number of H-pyrrole nitrogens is 1. The smallest absolute Gasteiger partial charge is 0.251 e. The molecule has 2 fully saturated rings. The summed E-state index contributed by atoms with van der Waals surface area (Å²) in [6.07, 6.45) is 3.40. The van der Waals surface area contributed by atoms with Crippen molar-refractivity contribution in [1.29, 1.82) is 0 Å². The van der Waals surface area contributed by atoms with Crippen molar-refractivity contribution in [1.82, 2.24) is 30.1 Å². The highest BCUT2D eigenvalue weighted by Gasteiger charge is 2.49. The van der Waals surface area contributed by atoms with Gasteiger partial charge >= 0.3 is 0 Å². The number of β-amino-alcohol motifs (C(OH)–C–C–N with tert-alkyl or cyclic N) is 1. The number of thiazole rings is 1. The van der Waals surface area contributed by atoms with E-state index in [0.717, 1.165) is 18.5 Å². The molecule has 0 spiro atoms. The number of aromatic amines is 1. The monoisotopic (exact) mass is 461 g/mol. The number of aliphatic hydroxyl groups excluding tert-OH is 1. The van der Waals surface area contributed by atoms with Crippen molar-refractivity contribution in [2.45, 2.75) is 43.7 Å². The van der Waals surface area contributed by atoms with Crippen LogP contribution in [0.25, 0.3) is 0 Å². The highest BCUT2D eigenvalue weighted by molar-refractivity contribution is 7.13. The molecule has 11 nitrogen and oxygen atoms in total. The fourth-order valence-electron chi connectivity index (χ4n) is 3.72. The molecule has 0 bridgehead atoms. The summed E-state index contributed by atoms with van der Waals surface area (Å²) in [5, 5.41) is 25.6. The number of rotatable bonds is 6. The second-order valence-corrected chi connectivity index (χ2v) is 9.10. The predicted molar refractivity (Wildman–Crippen MR) is 116 cm³/mol. The summed E-state index contributed by atoms with van der Waals surface area (Å²) in [4.78, 5) is 31.6. The number of carbonyl (C=O) groups excluding carboxylic acids is 1. The molecule has 4 heterocycles. The number of carbonyl (C=O) groups is 1. The van der Waals surface area contributed by atoms with Gasteiger partial charge in [0.15, 0.2) is 10.9 Å². The number of hydrogen-bond acceptors (Lipinski definition) is 10. The number of halogens is 1. The fraction of sp³-hybridized carbons (Fsp3) is 0.444. The quantitative estimate of drug-likeness (QED) is 0.434. The molecule has 5 rings (SSSR count). The van der Waals surface area contributed by atoms with Gasteiger partial charge in [-0.15, -0.1) is 11.3 Å². The van der Waals surface area contributed by atoms with Gasteiger partial charge in [-0.1, -0.05) is 0 Å². The molecule has 31 heavy (non-hydrogen) atoms. The van der Waals surface area contributed by atoms with Crippen LogP contribution in [-0.2, 0) is 4.79 Å². The largest absolute Gasteiger partial charge is 0.391 e. The van der Waals surface area contributed by atoms with E-state index in [9.17, 15) is 9.90 Å². The molecule has 4 N–H and O–H groups in total. The molecule has 1 amide bonds. The summed E-state index contributed by atoms with van der Waals surface area (Å²) in [6, 6.07) is 1.92. The highest BCUT2D eigenvalue weighted by atomic mass is 35.5. The summed E-state index contributed by atoms with van der Waals surface area (Å²) in [5.74, 6) is 1.18. The molecule has 3 aromatic heterocycles. The number of hydrogen-bond donors (Lipinski definition) is 4. The molecule has 162 valence electrons. The molecule has 1 aliphatic heterocycles. The van der Waals surface area contributed by atoms with Gasteiger partial charge in [0.1, 0.15) is 5.54 Å². The van der Waals surface area contributed by atoms with E-state index in [1.165, 1.54) is 11.3 Å². The number of aromatic nitrogens is 6. The first-order chi connectivity index (χ1) is 14.9. The van der Waals surface area contributed by atoms with Gasteiger partial charge in [0.25, 0.3) is 5.91 Å². The number of aliphatic hydroxyl groups is 1. The highest BCUT2D eigenvalue weighted by Crippen LogP contribution is 2.40. The van der Waals surface area contributed by atoms with Gasteiger partial charge in [-0.3, -0.25) is 15.2 Å². The molecular formula is C18H20ClN9O2S. The average Bonchev–Trinajstić information content (AvgIpc) is 3.09. The van der Waals surface area contributed by atoms with Crippen molar-refractivity contribution in [3.63, 3.8) is 0 Å². The zero-order valence-corrected chi connectivity index (χ0v) is 18.1. The summed E-state index contributed by atoms with van der Waals surface area (Å²) >= 11 is 7.47. The Labute approximate surface area is 186 Å². The van der Waals surface area contributed by atoms with Crippen LogP contribution in [0.3, 0.4) is 0 Å². The molecule has 1 saturated carbocycles. The topological polar surface area (TPSA) is 145 Å². The van der Waals surface area contributed by atoms with Crippen molar-refractivity contribution >= 4 is 51.7 Å². The van der Waals surface area contributed by atoms with Gasteiger partial charge in [0.05, 0.1) is 6.10 Å². The van der Waals surface area contributed by atoms with Crippen LogP contribution < -0.4 is 15.5 Å². The Morgan fingerprint density at radius 2 is 2.23 bits per heavy atom. The van der Waals surface area contributed by atoms with Crippen molar-refractivity contribution in [3.05, 3.63) is 28.6 Å². The van der Waals surface area contributed by atoms with Crippen molar-refractivity contribution in [3.8, 4) is 0 Å². The maximum atomic E-state index is 13.1. The molecule has 13 heteroatoms. The molecule has 0 aromatic carbocycles. The zero-order chi connectivity index (χ0) is 21.6. The molecule has 3 aromatic rings. The van der Waals surface area contributed by atoms with Crippen LogP contribution in [0.4, 0.5) is 22.8 Å². The van der Waals surface area contributed by atoms with Crippen LogP contribution in [0.5, 0.6) is 0 Å². The van der Waals surface area contributed by atoms with Gasteiger partial charge in [0.2, 0.25) is 17.2 Å². The minimum atomic E-state index is -1.10. The van der Waals surface area contributed by atoms with Crippen LogP contribution in [0.15, 0.2) is 17.6 Å². The second kappa shape index (κ2) is 7.70. The molecule has 1 aliphatic carbocycles. The van der Waals surface area contributed by atoms with Gasteiger partial charge in [-0.05, 0) is 31.4 Å². The minimum Gasteiger partial charge on any atom is -0.391 e. The lowest BCUT2D eigenvalue weighted by molar-refractivity contribution is -0.120. The summed E-state index contributed by atoms with van der Waals surface area (Å²) in [7, 11) is 0. The third kappa shape index (κ3) is 4.05. The average molecular weight is 462 g/mol. The SMILES string of the molecule is C[C@@]1(C(=O)Nc2nccs2)C[C@H](O)CN1c1nc(Cl)nc(Nc2cc(C3CC3)[nH]n2)n1. The Bertz CT molecular complexity index is 1100. The number of amides is 1. The minimum absolute atomic E-state index is 0.0328. The van der Waals surface area contributed by atoms with Crippen LogP contribution in [0, 0.1) is 0 Å². The van der Waals surface area contributed by atoms with Crippen LogP contribution in [-0.4, -0.2) is 59.3 Å². The normalized spacial score (nSPS) is 23.2. The predicted octanol–water partition coefficient (Wildman–Crippen LogP) is 2.29. The molecule has 0 unspecified atom stereocenters. The fourth-order valence-corrected chi connectivity index (χ4v) is 4.39. The van der Waals surface area contributed by atoms with E-state index in [2.05, 4.69) is 40.8 Å². The van der Waals surface area contributed by atoms with Crippen molar-refractivity contribution in [2.24, 2.45) is 0 Å². The van der Waals surface area contributed by atoms with Gasteiger partial charge in [-0.25, -0.2) is 4.98 Å². The Morgan fingerprint density at radius 3 is 2.97 bits per heavy atom. The third-order valence-corrected chi connectivity index (χ3v) is 6.31. The zero-order valence-electron chi connectivity index (χ0n) is 16.5. The van der Waals surface area contributed by atoms with E-state index >= 15 is 0 Å². The van der Waals surface area contributed by atoms with Crippen molar-refractivity contribution < 1.29 is 9.90 Å². The van der Waals surface area contributed by atoms with E-state index in [1.54, 1.807) is 23.4 Å². The van der Waals surface area contributed by atoms with Crippen LogP contribution >= 0.6 is 22.9 Å². The third-order valence-electron chi connectivity index (χ3n) is 5.46. The van der Waals surface area contributed by atoms with Gasteiger partial charge in [0, 0.05) is 42.2 Å². The van der Waals surface area contributed by atoms with Gasteiger partial charge < -0.3 is 15.3 Å². The number of anilines is 4. The summed E-state index contributed by atoms with van der Waals surface area (Å²) in [5.41, 5.74) is -0.0321. The Kier molecular flexibility index (Phi) is 4.99. The van der Waals surface area contributed by atoms with Gasteiger partial charge in [-0.2, -0.15) is 20.1 Å². The second-order valence-electron chi connectivity index (χ2n) is 7.87. The first-order valence-electron chi connectivity index (χ1n) is 9.81. The summed E-state index contributed by atoms with van der Waals surface area (Å²) < 4.78 is 0. The van der Waals surface area contributed by atoms with Crippen LogP contribution in [0.2, 0.25) is 5.28 Å². The molecule has 2 aliphatic rings. The van der Waals surface area contributed by atoms with Crippen LogP contribution in [0.1, 0.15) is 37.8 Å².